The first-order valence-corrected chi connectivity index (χ1v) is 6.92. The first-order valence-electron chi connectivity index (χ1n) is 5.87. The molecule has 1 aliphatic heterocycles. The van der Waals surface area contributed by atoms with Crippen molar-refractivity contribution in [2.75, 3.05) is 24.2 Å². The fourth-order valence-electron chi connectivity index (χ4n) is 1.79. The van der Waals surface area contributed by atoms with Gasteiger partial charge in [0.2, 0.25) is 0 Å². The predicted molar refractivity (Wildman–Crippen MR) is 71.4 cm³/mol. The monoisotopic (exact) mass is 251 g/mol. The molecule has 0 saturated carbocycles. The van der Waals surface area contributed by atoms with Gasteiger partial charge in [0.1, 0.15) is 0 Å². The molecular weight excluding hydrogens is 234 g/mol. The van der Waals surface area contributed by atoms with Crippen LogP contribution < -0.4 is 5.32 Å². The molecule has 92 valence electrons. The Kier molecular flexibility index (Phi) is 4.25. The van der Waals surface area contributed by atoms with Crippen molar-refractivity contribution in [3.63, 3.8) is 0 Å². The molecule has 1 aromatic rings. The normalized spacial score (nSPS) is 20.1. The number of carbonyl (C=O) groups excluding carboxylic acids is 1. The average molecular weight is 251 g/mol. The minimum atomic E-state index is -0.0169. The number of urea groups is 1. The number of nitrogens with zero attached hydrogens (tertiary/aromatic N) is 2. The summed E-state index contributed by atoms with van der Waals surface area (Å²) in [6, 6.07) is 3.65. The number of pyridine rings is 1. The highest BCUT2D eigenvalue weighted by Crippen LogP contribution is 2.21. The Bertz CT molecular complexity index is 371. The van der Waals surface area contributed by atoms with E-state index in [1.54, 1.807) is 12.4 Å². The molecule has 1 saturated heterocycles. The molecule has 1 aliphatic rings. The second kappa shape index (κ2) is 5.91. The molecule has 0 spiro atoms. The molecule has 2 rings (SSSR count). The summed E-state index contributed by atoms with van der Waals surface area (Å²) >= 11 is 1.96. The molecule has 5 heteroatoms. The molecule has 0 aliphatic carbocycles. The van der Waals surface area contributed by atoms with E-state index in [0.29, 0.717) is 5.25 Å². The van der Waals surface area contributed by atoms with Gasteiger partial charge in [-0.2, -0.15) is 11.8 Å². The van der Waals surface area contributed by atoms with Crippen molar-refractivity contribution < 1.29 is 4.79 Å². The fraction of sp³-hybridized carbons (Fsp3) is 0.500. The highest BCUT2D eigenvalue weighted by molar-refractivity contribution is 8.00. The van der Waals surface area contributed by atoms with Crippen LogP contribution in [0.1, 0.15) is 13.3 Å². The largest absolute Gasteiger partial charge is 0.323 e. The van der Waals surface area contributed by atoms with Gasteiger partial charge in [0.15, 0.2) is 0 Å². The molecule has 1 aromatic heterocycles. The van der Waals surface area contributed by atoms with Crippen molar-refractivity contribution in [1.82, 2.24) is 9.88 Å². The number of amides is 2. The van der Waals surface area contributed by atoms with Crippen molar-refractivity contribution in [3.05, 3.63) is 24.5 Å². The Labute approximate surface area is 106 Å². The van der Waals surface area contributed by atoms with Crippen molar-refractivity contribution >= 4 is 23.5 Å². The van der Waals surface area contributed by atoms with Gasteiger partial charge in [-0.25, -0.2) is 4.79 Å². The lowest BCUT2D eigenvalue weighted by atomic mass is 10.3. The predicted octanol–water partition coefficient (Wildman–Crippen LogP) is 2.44. The molecule has 2 heterocycles. The van der Waals surface area contributed by atoms with Crippen LogP contribution in [0.4, 0.5) is 10.5 Å². The summed E-state index contributed by atoms with van der Waals surface area (Å²) in [5.41, 5.74) is 0.753. The third-order valence-corrected chi connectivity index (χ3v) is 4.17. The summed E-state index contributed by atoms with van der Waals surface area (Å²) in [5, 5.41) is 3.44. The summed E-state index contributed by atoms with van der Waals surface area (Å²) in [6.07, 6.45) is 4.47. The summed E-state index contributed by atoms with van der Waals surface area (Å²) in [5.74, 6) is 1.03. The minimum absolute atomic E-state index is 0.0169. The second-order valence-electron chi connectivity index (χ2n) is 4.02. The van der Waals surface area contributed by atoms with E-state index in [0.717, 1.165) is 31.0 Å². The van der Waals surface area contributed by atoms with E-state index in [1.165, 1.54) is 0 Å². The zero-order chi connectivity index (χ0) is 12.1. The molecule has 0 bridgehead atoms. The summed E-state index contributed by atoms with van der Waals surface area (Å²) < 4.78 is 0. The van der Waals surface area contributed by atoms with Crippen molar-refractivity contribution in [1.29, 1.82) is 0 Å². The van der Waals surface area contributed by atoms with E-state index in [4.69, 9.17) is 0 Å². The van der Waals surface area contributed by atoms with Crippen LogP contribution in [0.2, 0.25) is 0 Å². The van der Waals surface area contributed by atoms with Crippen LogP contribution in [0.5, 0.6) is 0 Å². The number of aromatic nitrogens is 1. The lowest BCUT2D eigenvalue weighted by molar-refractivity contribution is 0.213. The van der Waals surface area contributed by atoms with Gasteiger partial charge >= 0.3 is 6.03 Å². The van der Waals surface area contributed by atoms with Gasteiger partial charge in [0, 0.05) is 30.3 Å². The molecule has 0 aromatic carbocycles. The molecule has 2 amide bonds. The van der Waals surface area contributed by atoms with Crippen LogP contribution in [0.25, 0.3) is 0 Å². The Hall–Kier alpha value is -1.23. The first-order chi connectivity index (χ1) is 8.29. The maximum atomic E-state index is 12.0. The van der Waals surface area contributed by atoms with E-state index in [9.17, 15) is 4.79 Å². The molecule has 17 heavy (non-hydrogen) atoms. The third kappa shape index (κ3) is 3.36. The number of nitrogens with one attached hydrogen (secondary N) is 1. The van der Waals surface area contributed by atoms with Crippen LogP contribution in [0.15, 0.2) is 24.5 Å². The van der Waals surface area contributed by atoms with Gasteiger partial charge in [0.05, 0.1) is 11.9 Å². The quantitative estimate of drug-likeness (QED) is 0.878. The smallest absolute Gasteiger partial charge is 0.321 e. The molecular formula is C12H17N3OS. The third-order valence-electron chi connectivity index (χ3n) is 2.79. The Morgan fingerprint density at radius 3 is 3.29 bits per heavy atom. The Balaban J connectivity index is 1.91. The van der Waals surface area contributed by atoms with Gasteiger partial charge < -0.3 is 10.2 Å². The number of thioether (sulfide) groups is 1. The van der Waals surface area contributed by atoms with Crippen LogP contribution in [0, 0.1) is 0 Å². The highest BCUT2D eigenvalue weighted by atomic mass is 32.2. The van der Waals surface area contributed by atoms with E-state index >= 15 is 0 Å². The number of carbonyl (C=O) groups is 1. The van der Waals surface area contributed by atoms with Crippen LogP contribution in [-0.2, 0) is 0 Å². The van der Waals surface area contributed by atoms with E-state index in [-0.39, 0.29) is 6.03 Å². The molecule has 0 radical (unpaired) electrons. The number of rotatable bonds is 2. The van der Waals surface area contributed by atoms with Crippen LogP contribution >= 0.6 is 11.8 Å². The van der Waals surface area contributed by atoms with Gasteiger partial charge in [-0.05, 0) is 18.6 Å². The lowest BCUT2D eigenvalue weighted by Gasteiger charge is -2.31. The van der Waals surface area contributed by atoms with E-state index < -0.39 is 0 Å². The molecule has 1 unspecified atom stereocenters. The highest BCUT2D eigenvalue weighted by Gasteiger charge is 2.22. The number of anilines is 1. The maximum absolute atomic E-state index is 12.0. The topological polar surface area (TPSA) is 45.2 Å². The lowest BCUT2D eigenvalue weighted by Crippen LogP contribution is -2.43. The summed E-state index contributed by atoms with van der Waals surface area (Å²) in [6.45, 7) is 3.83. The Morgan fingerprint density at radius 2 is 2.59 bits per heavy atom. The van der Waals surface area contributed by atoms with Gasteiger partial charge in [0.25, 0.3) is 0 Å². The zero-order valence-corrected chi connectivity index (χ0v) is 10.7. The van der Waals surface area contributed by atoms with E-state index in [1.807, 2.05) is 28.8 Å². The van der Waals surface area contributed by atoms with Gasteiger partial charge in [-0.1, -0.05) is 6.92 Å². The van der Waals surface area contributed by atoms with Gasteiger partial charge in [-0.15, -0.1) is 0 Å². The molecule has 1 N–H and O–H groups in total. The summed E-state index contributed by atoms with van der Waals surface area (Å²) in [7, 11) is 0. The number of hydrogen-bond donors (Lipinski definition) is 1. The first kappa shape index (κ1) is 12.2. The van der Waals surface area contributed by atoms with E-state index in [2.05, 4.69) is 17.2 Å². The fourth-order valence-corrected chi connectivity index (χ4v) is 2.97. The SMILES string of the molecule is CCC1CN(C(=O)Nc2cccnc2)CCS1. The number of hydrogen-bond acceptors (Lipinski definition) is 3. The van der Waals surface area contributed by atoms with Crippen LogP contribution in [-0.4, -0.2) is 40.0 Å². The van der Waals surface area contributed by atoms with Crippen molar-refractivity contribution in [3.8, 4) is 0 Å². The maximum Gasteiger partial charge on any atom is 0.321 e. The van der Waals surface area contributed by atoms with Crippen molar-refractivity contribution in [2.45, 2.75) is 18.6 Å². The molecule has 4 nitrogen and oxygen atoms in total. The molecule has 1 fully saturated rings. The zero-order valence-electron chi connectivity index (χ0n) is 9.93. The summed E-state index contributed by atoms with van der Waals surface area (Å²) in [4.78, 5) is 17.9. The van der Waals surface area contributed by atoms with Gasteiger partial charge in [-0.3, -0.25) is 4.98 Å². The minimum Gasteiger partial charge on any atom is -0.323 e. The molecule has 1 atom stereocenters. The average Bonchev–Trinajstić information content (AvgIpc) is 2.40. The second-order valence-corrected chi connectivity index (χ2v) is 5.43. The standard InChI is InChI=1S/C12H17N3OS/c1-2-11-9-15(6-7-17-11)12(16)14-10-4-3-5-13-8-10/h3-5,8,11H,2,6-7,9H2,1H3,(H,14,16). The van der Waals surface area contributed by atoms with Crippen LogP contribution in [0.3, 0.4) is 0 Å². The van der Waals surface area contributed by atoms with Crippen molar-refractivity contribution in [2.24, 2.45) is 0 Å². The Morgan fingerprint density at radius 1 is 1.71 bits per heavy atom.